The summed E-state index contributed by atoms with van der Waals surface area (Å²) in [5.41, 5.74) is 5.79. The first-order valence-electron chi connectivity index (χ1n) is 12.0. The van der Waals surface area contributed by atoms with Crippen LogP contribution in [0.15, 0.2) is 71.3 Å². The van der Waals surface area contributed by atoms with E-state index in [-0.39, 0.29) is 17.4 Å². The fraction of sp³-hybridized carbons (Fsp3) is 0.172. The molecule has 1 aliphatic heterocycles. The highest BCUT2D eigenvalue weighted by Crippen LogP contribution is 2.36. The number of H-pyrrole nitrogens is 1. The van der Waals surface area contributed by atoms with E-state index in [4.69, 9.17) is 4.42 Å². The van der Waals surface area contributed by atoms with Crippen LogP contribution in [-0.4, -0.2) is 16.9 Å². The summed E-state index contributed by atoms with van der Waals surface area (Å²) < 4.78 is 5.80. The van der Waals surface area contributed by atoms with Crippen molar-refractivity contribution in [1.29, 1.82) is 0 Å². The van der Waals surface area contributed by atoms with Crippen molar-refractivity contribution >= 4 is 52.0 Å². The van der Waals surface area contributed by atoms with Gasteiger partial charge in [-0.25, -0.2) is 4.79 Å². The van der Waals surface area contributed by atoms with Gasteiger partial charge >= 0.3 is 6.03 Å². The number of aromatic nitrogens is 1. The van der Waals surface area contributed by atoms with Crippen molar-refractivity contribution in [2.75, 3.05) is 21.3 Å². The van der Waals surface area contributed by atoms with Crippen LogP contribution in [0.5, 0.6) is 0 Å². The van der Waals surface area contributed by atoms with Gasteiger partial charge in [0.05, 0.1) is 16.9 Å². The van der Waals surface area contributed by atoms with Gasteiger partial charge in [0.2, 0.25) is 0 Å². The fourth-order valence-electron chi connectivity index (χ4n) is 4.11. The summed E-state index contributed by atoms with van der Waals surface area (Å²) in [7, 11) is 0. The number of urea groups is 1. The summed E-state index contributed by atoms with van der Waals surface area (Å²) in [6.45, 7) is 8.00. The molecule has 4 aromatic rings. The molecular weight excluding hydrogens is 466 g/mol. The lowest BCUT2D eigenvalue weighted by molar-refractivity contribution is -0.110. The van der Waals surface area contributed by atoms with Gasteiger partial charge in [0, 0.05) is 46.0 Å². The van der Waals surface area contributed by atoms with Gasteiger partial charge in [0.25, 0.3) is 5.91 Å². The molecule has 3 amide bonds. The molecule has 0 radical (unpaired) electrons. The van der Waals surface area contributed by atoms with Gasteiger partial charge in [-0.05, 0) is 55.5 Å². The molecule has 0 saturated carbocycles. The SMILES string of the molecule is Cc1oc(C(C)(C)C)cc1NC(=O)Nc1cccc(Nc2ccc3c(c2)NC(=O)/C3=C/c2ccc[nH]2)c1. The molecule has 37 heavy (non-hydrogen) atoms. The second-order valence-corrected chi connectivity index (χ2v) is 10.0. The van der Waals surface area contributed by atoms with E-state index in [1.54, 1.807) is 0 Å². The Morgan fingerprint density at radius 3 is 2.46 bits per heavy atom. The molecule has 8 nitrogen and oxygen atoms in total. The molecule has 3 heterocycles. The van der Waals surface area contributed by atoms with Gasteiger partial charge in [0.15, 0.2) is 0 Å². The van der Waals surface area contributed by atoms with E-state index in [9.17, 15) is 9.59 Å². The first-order chi connectivity index (χ1) is 17.7. The van der Waals surface area contributed by atoms with Crippen LogP contribution in [0.25, 0.3) is 11.6 Å². The van der Waals surface area contributed by atoms with E-state index in [1.165, 1.54) is 0 Å². The first kappa shape index (κ1) is 24.0. The number of carbonyl (C=O) groups excluding carboxylic acids is 2. The number of nitrogens with one attached hydrogen (secondary N) is 5. The summed E-state index contributed by atoms with van der Waals surface area (Å²) in [6.07, 6.45) is 3.66. The smallest absolute Gasteiger partial charge is 0.323 e. The molecule has 2 aromatic heterocycles. The number of hydrogen-bond acceptors (Lipinski definition) is 4. The molecule has 8 heteroatoms. The van der Waals surface area contributed by atoms with E-state index >= 15 is 0 Å². The highest BCUT2D eigenvalue weighted by atomic mass is 16.3. The van der Waals surface area contributed by atoms with Crippen molar-refractivity contribution in [2.45, 2.75) is 33.1 Å². The molecule has 2 aromatic carbocycles. The Balaban J connectivity index is 1.27. The maximum Gasteiger partial charge on any atom is 0.323 e. The quantitative estimate of drug-likeness (QED) is 0.190. The van der Waals surface area contributed by atoms with Crippen molar-refractivity contribution < 1.29 is 14.0 Å². The summed E-state index contributed by atoms with van der Waals surface area (Å²) in [5.74, 6) is 1.33. The summed E-state index contributed by atoms with van der Waals surface area (Å²) >= 11 is 0. The Labute approximate surface area is 215 Å². The number of benzene rings is 2. The molecule has 5 N–H and O–H groups in total. The monoisotopic (exact) mass is 495 g/mol. The third-order valence-electron chi connectivity index (χ3n) is 6.04. The summed E-state index contributed by atoms with van der Waals surface area (Å²) in [5, 5.41) is 12.0. The molecule has 0 saturated heterocycles. The predicted molar refractivity (Wildman–Crippen MR) is 148 cm³/mol. The zero-order valence-electron chi connectivity index (χ0n) is 21.2. The van der Waals surface area contributed by atoms with Crippen LogP contribution in [0, 0.1) is 6.92 Å². The second kappa shape index (κ2) is 9.39. The Kier molecular flexibility index (Phi) is 6.09. The molecule has 0 fully saturated rings. The number of anilines is 5. The predicted octanol–water partition coefficient (Wildman–Crippen LogP) is 7.09. The minimum absolute atomic E-state index is 0.138. The standard InChI is InChI=1S/C29H29N5O3/c1-17-24(16-26(37-17)29(2,3)4)34-28(36)32-20-8-5-7-19(13-20)31-21-10-11-22-23(14-18-9-6-12-30-18)27(35)33-25(22)15-21/h5-16,30-31H,1-4H3,(H,33,35)(H2,32,34,36)/b23-14+. The Morgan fingerprint density at radius 2 is 1.73 bits per heavy atom. The lowest BCUT2D eigenvalue weighted by Crippen LogP contribution is -2.19. The van der Waals surface area contributed by atoms with Crippen LogP contribution >= 0.6 is 0 Å². The van der Waals surface area contributed by atoms with Crippen molar-refractivity contribution in [3.63, 3.8) is 0 Å². The molecule has 0 atom stereocenters. The fourth-order valence-corrected chi connectivity index (χ4v) is 4.11. The van der Waals surface area contributed by atoms with Crippen molar-refractivity contribution in [3.05, 3.63) is 89.6 Å². The number of aryl methyl sites for hydroxylation is 1. The van der Waals surface area contributed by atoms with Crippen LogP contribution in [0.4, 0.5) is 33.2 Å². The van der Waals surface area contributed by atoms with E-state index in [0.717, 1.165) is 34.1 Å². The van der Waals surface area contributed by atoms with Gasteiger partial charge in [-0.15, -0.1) is 0 Å². The minimum Gasteiger partial charge on any atom is -0.464 e. The average molecular weight is 496 g/mol. The lowest BCUT2D eigenvalue weighted by atomic mass is 9.93. The zero-order valence-corrected chi connectivity index (χ0v) is 21.2. The number of rotatable bonds is 5. The van der Waals surface area contributed by atoms with E-state index in [2.05, 4.69) is 47.0 Å². The van der Waals surface area contributed by atoms with Crippen LogP contribution in [0.2, 0.25) is 0 Å². The molecule has 1 aliphatic rings. The highest BCUT2D eigenvalue weighted by Gasteiger charge is 2.24. The molecule has 0 aliphatic carbocycles. The van der Waals surface area contributed by atoms with Gasteiger partial charge in [-0.3, -0.25) is 4.79 Å². The Bertz CT molecular complexity index is 1510. The normalized spacial score (nSPS) is 13.8. The van der Waals surface area contributed by atoms with Crippen LogP contribution < -0.4 is 21.3 Å². The Hall–Kier alpha value is -4.72. The number of hydrogen-bond donors (Lipinski definition) is 5. The van der Waals surface area contributed by atoms with Crippen LogP contribution in [0.1, 0.15) is 43.5 Å². The number of carbonyl (C=O) groups is 2. The van der Waals surface area contributed by atoms with Crippen molar-refractivity contribution in [1.82, 2.24) is 4.98 Å². The molecule has 0 unspecified atom stereocenters. The third kappa shape index (κ3) is 5.28. The number of furan rings is 1. The summed E-state index contributed by atoms with van der Waals surface area (Å²) in [6, 6.07) is 18.4. The zero-order chi connectivity index (χ0) is 26.2. The topological polar surface area (TPSA) is 111 Å². The largest absolute Gasteiger partial charge is 0.464 e. The maximum atomic E-state index is 12.6. The van der Waals surface area contributed by atoms with E-state index in [1.807, 2.05) is 79.9 Å². The van der Waals surface area contributed by atoms with Gasteiger partial charge < -0.3 is 30.7 Å². The number of fused-ring (bicyclic) bond motifs is 1. The van der Waals surface area contributed by atoms with Crippen LogP contribution in [0.3, 0.4) is 0 Å². The van der Waals surface area contributed by atoms with Gasteiger partial charge in [-0.1, -0.05) is 32.9 Å². The molecule has 0 bridgehead atoms. The van der Waals surface area contributed by atoms with Crippen LogP contribution in [-0.2, 0) is 10.2 Å². The van der Waals surface area contributed by atoms with Gasteiger partial charge in [0.1, 0.15) is 11.5 Å². The maximum absolute atomic E-state index is 12.6. The second-order valence-electron chi connectivity index (χ2n) is 10.0. The highest BCUT2D eigenvalue weighted by molar-refractivity contribution is 6.35. The minimum atomic E-state index is -0.358. The van der Waals surface area contributed by atoms with Gasteiger partial charge in [-0.2, -0.15) is 0 Å². The lowest BCUT2D eigenvalue weighted by Gasteiger charge is -2.13. The van der Waals surface area contributed by atoms with E-state index in [0.29, 0.717) is 22.7 Å². The molecule has 188 valence electrons. The molecule has 5 rings (SSSR count). The Morgan fingerprint density at radius 1 is 0.946 bits per heavy atom. The molecular formula is C29H29N5O3. The third-order valence-corrected chi connectivity index (χ3v) is 6.04. The first-order valence-corrected chi connectivity index (χ1v) is 12.0. The van der Waals surface area contributed by atoms with E-state index < -0.39 is 0 Å². The van der Waals surface area contributed by atoms with Crippen molar-refractivity contribution in [2.24, 2.45) is 0 Å². The number of amides is 3. The molecule has 0 spiro atoms. The summed E-state index contributed by atoms with van der Waals surface area (Å²) in [4.78, 5) is 28.2. The number of aromatic amines is 1. The van der Waals surface area contributed by atoms with Crippen molar-refractivity contribution in [3.8, 4) is 0 Å². The average Bonchev–Trinajstić information content (AvgIpc) is 3.54.